The highest BCUT2D eigenvalue weighted by atomic mass is 35.5. The molecule has 2 aromatic carbocycles. The van der Waals surface area contributed by atoms with Crippen LogP contribution in [0.4, 0.5) is 5.69 Å². The molecular formula is C24H22ClN5O3. The summed E-state index contributed by atoms with van der Waals surface area (Å²) < 4.78 is 7.24. The van der Waals surface area contributed by atoms with E-state index < -0.39 is 0 Å². The van der Waals surface area contributed by atoms with Gasteiger partial charge in [0.15, 0.2) is 0 Å². The number of aromatic nitrogens is 4. The highest BCUT2D eigenvalue weighted by Crippen LogP contribution is 2.38. The Morgan fingerprint density at radius 2 is 2.03 bits per heavy atom. The van der Waals surface area contributed by atoms with Crippen LogP contribution in [-0.4, -0.2) is 45.2 Å². The zero-order valence-corrected chi connectivity index (χ0v) is 19.0. The first-order chi connectivity index (χ1) is 15.9. The Morgan fingerprint density at radius 3 is 2.82 bits per heavy atom. The van der Waals surface area contributed by atoms with E-state index >= 15 is 0 Å². The van der Waals surface area contributed by atoms with E-state index in [1.807, 2.05) is 29.5 Å². The van der Waals surface area contributed by atoms with Gasteiger partial charge < -0.3 is 14.6 Å². The summed E-state index contributed by atoms with van der Waals surface area (Å²) in [4.78, 5) is 30.9. The molecule has 1 aliphatic carbocycles. The maximum Gasteiger partial charge on any atom is 0.294 e. The minimum absolute atomic E-state index is 0.0951. The molecule has 9 heteroatoms. The summed E-state index contributed by atoms with van der Waals surface area (Å²) in [6.45, 7) is 2.51. The molecule has 1 fully saturated rings. The van der Waals surface area contributed by atoms with Crippen molar-refractivity contribution in [1.29, 1.82) is 0 Å². The van der Waals surface area contributed by atoms with Crippen molar-refractivity contribution in [2.24, 2.45) is 0 Å². The number of amides is 1. The van der Waals surface area contributed by atoms with Crippen LogP contribution < -0.4 is 10.5 Å². The van der Waals surface area contributed by atoms with Crippen molar-refractivity contribution in [3.63, 3.8) is 0 Å². The summed E-state index contributed by atoms with van der Waals surface area (Å²) in [5.74, 6) is 0.852. The topological polar surface area (TPSA) is 92.6 Å². The first-order valence-electron chi connectivity index (χ1n) is 11.0. The molecule has 4 aromatic rings. The molecule has 1 aliphatic heterocycles. The van der Waals surface area contributed by atoms with Crippen LogP contribution in [0.5, 0.6) is 0 Å². The number of nitrogens with zero attached hydrogens (tertiary/aromatic N) is 4. The Morgan fingerprint density at radius 1 is 1.21 bits per heavy atom. The van der Waals surface area contributed by atoms with E-state index in [1.165, 1.54) is 0 Å². The third-order valence-corrected chi connectivity index (χ3v) is 7.16. The van der Waals surface area contributed by atoms with Crippen molar-refractivity contribution in [2.45, 2.75) is 38.2 Å². The predicted molar refractivity (Wildman–Crippen MR) is 125 cm³/mol. The molecule has 8 nitrogen and oxygen atoms in total. The highest BCUT2D eigenvalue weighted by molar-refractivity contribution is 6.30. The lowest BCUT2D eigenvalue weighted by atomic mass is 9.81. The molecule has 2 aromatic heterocycles. The van der Waals surface area contributed by atoms with Gasteiger partial charge in [-0.15, -0.1) is 10.2 Å². The minimum atomic E-state index is -0.327. The van der Waals surface area contributed by atoms with Crippen molar-refractivity contribution in [3.8, 4) is 0 Å². The summed E-state index contributed by atoms with van der Waals surface area (Å²) in [5.41, 5.74) is 4.63. The highest BCUT2D eigenvalue weighted by Gasteiger charge is 2.34. The van der Waals surface area contributed by atoms with Crippen LogP contribution >= 0.6 is 11.6 Å². The average Bonchev–Trinajstić information content (AvgIpc) is 3.38. The molecule has 1 amide bonds. The second-order valence-electron chi connectivity index (χ2n) is 8.86. The molecule has 0 saturated heterocycles. The maximum atomic E-state index is 13.5. The second-order valence-corrected chi connectivity index (χ2v) is 9.30. The zero-order valence-electron chi connectivity index (χ0n) is 18.3. The van der Waals surface area contributed by atoms with E-state index in [2.05, 4.69) is 15.2 Å². The molecule has 0 radical (unpaired) electrons. The van der Waals surface area contributed by atoms with Crippen LogP contribution in [0.15, 0.2) is 35.1 Å². The smallest absolute Gasteiger partial charge is 0.294 e. The summed E-state index contributed by atoms with van der Waals surface area (Å²) in [6.07, 6.45) is 2.67. The van der Waals surface area contributed by atoms with E-state index in [0.717, 1.165) is 47.4 Å². The lowest BCUT2D eigenvalue weighted by molar-refractivity contribution is 0.0235. The van der Waals surface area contributed by atoms with Gasteiger partial charge in [-0.3, -0.25) is 14.0 Å². The maximum absolute atomic E-state index is 13.5. The normalized spacial score (nSPS) is 19.8. The third-order valence-electron chi connectivity index (χ3n) is 6.93. The van der Waals surface area contributed by atoms with Gasteiger partial charge in [0.1, 0.15) is 5.82 Å². The number of aromatic amines is 1. The van der Waals surface area contributed by atoms with Crippen molar-refractivity contribution in [2.75, 3.05) is 18.6 Å². The van der Waals surface area contributed by atoms with Crippen molar-refractivity contribution < 1.29 is 9.53 Å². The summed E-state index contributed by atoms with van der Waals surface area (Å²) in [7, 11) is 1.71. The summed E-state index contributed by atoms with van der Waals surface area (Å²) in [5, 5.41) is 9.14. The lowest BCUT2D eigenvalue weighted by Gasteiger charge is -2.32. The zero-order chi connectivity index (χ0) is 22.9. The predicted octanol–water partition coefficient (Wildman–Crippen LogP) is 3.63. The molecule has 0 atom stereocenters. The number of methoxy groups -OCH3 is 1. The number of benzene rings is 2. The number of hydrogen-bond acceptors (Lipinski definition) is 5. The lowest BCUT2D eigenvalue weighted by Crippen LogP contribution is -2.30. The first kappa shape index (κ1) is 20.4. The number of rotatable bonds is 3. The number of anilines is 1. The van der Waals surface area contributed by atoms with Crippen LogP contribution in [0.2, 0.25) is 5.02 Å². The fraction of sp³-hybridized carbons (Fsp3) is 0.333. The largest absolute Gasteiger partial charge is 0.381 e. The van der Waals surface area contributed by atoms with Gasteiger partial charge in [0.05, 0.1) is 17.1 Å². The van der Waals surface area contributed by atoms with Crippen LogP contribution in [-0.2, 0) is 11.2 Å². The second kappa shape index (κ2) is 7.40. The van der Waals surface area contributed by atoms with Gasteiger partial charge in [-0.05, 0) is 67.6 Å². The molecule has 2 aliphatic rings. The van der Waals surface area contributed by atoms with Crippen LogP contribution in [0.25, 0.3) is 16.7 Å². The number of nitrogens with one attached hydrogen (secondary N) is 1. The number of ether oxygens (including phenoxy) is 1. The average molecular weight is 464 g/mol. The number of carbonyl (C=O) groups is 1. The molecular weight excluding hydrogens is 442 g/mol. The fourth-order valence-electron chi connectivity index (χ4n) is 5.03. The molecule has 0 spiro atoms. The molecule has 6 rings (SSSR count). The molecule has 168 valence electrons. The SMILES string of the molecule is COC1CC(c2nnc3c(=O)[nH]c4cc(C(=O)N5CCc6cc(Cl)ccc65)c(C)cc4n23)C1. The van der Waals surface area contributed by atoms with Crippen molar-refractivity contribution >= 4 is 39.9 Å². The molecule has 33 heavy (non-hydrogen) atoms. The van der Waals surface area contributed by atoms with Gasteiger partial charge in [0, 0.05) is 35.8 Å². The summed E-state index contributed by atoms with van der Waals surface area (Å²) >= 11 is 6.12. The van der Waals surface area contributed by atoms with E-state index in [-0.39, 0.29) is 29.1 Å². The van der Waals surface area contributed by atoms with Gasteiger partial charge in [0.25, 0.3) is 11.5 Å². The molecule has 0 unspecified atom stereocenters. The molecule has 1 saturated carbocycles. The van der Waals surface area contributed by atoms with Crippen LogP contribution in [0.3, 0.4) is 0 Å². The molecule has 0 bridgehead atoms. The number of aryl methyl sites for hydroxylation is 1. The van der Waals surface area contributed by atoms with Gasteiger partial charge >= 0.3 is 0 Å². The fourth-order valence-corrected chi connectivity index (χ4v) is 5.22. The number of halogens is 1. The molecule has 3 heterocycles. The number of hydrogen-bond donors (Lipinski definition) is 1. The Balaban J connectivity index is 1.46. The third kappa shape index (κ3) is 3.08. The number of H-pyrrole nitrogens is 1. The van der Waals surface area contributed by atoms with Crippen molar-refractivity contribution in [1.82, 2.24) is 19.6 Å². The van der Waals surface area contributed by atoms with E-state index in [9.17, 15) is 9.59 Å². The van der Waals surface area contributed by atoms with E-state index in [4.69, 9.17) is 16.3 Å². The Kier molecular flexibility index (Phi) is 4.57. The van der Waals surface area contributed by atoms with E-state index in [1.54, 1.807) is 24.1 Å². The summed E-state index contributed by atoms with van der Waals surface area (Å²) in [6, 6.07) is 9.30. The number of carbonyl (C=O) groups excluding carboxylic acids is 1. The van der Waals surface area contributed by atoms with Gasteiger partial charge in [0.2, 0.25) is 5.65 Å². The van der Waals surface area contributed by atoms with Crippen LogP contribution in [0, 0.1) is 6.92 Å². The van der Waals surface area contributed by atoms with Crippen LogP contribution in [0.1, 0.15) is 46.1 Å². The van der Waals surface area contributed by atoms with Gasteiger partial charge in [-0.25, -0.2) is 0 Å². The molecule has 1 N–H and O–H groups in total. The van der Waals surface area contributed by atoms with E-state index in [0.29, 0.717) is 22.6 Å². The van der Waals surface area contributed by atoms with Crippen molar-refractivity contribution in [3.05, 3.63) is 68.2 Å². The quantitative estimate of drug-likeness (QED) is 0.501. The van der Waals surface area contributed by atoms with Gasteiger partial charge in [-0.2, -0.15) is 0 Å². The first-order valence-corrected chi connectivity index (χ1v) is 11.4. The standard InChI is InChI=1S/C24H22ClN5O3/c1-12-7-20-18(11-17(12)24(32)29-6-5-13-8-15(25)3-4-19(13)29)26-23(31)22-28-27-21(30(20)22)14-9-16(10-14)33-2/h3-4,7-8,11,14,16H,5-6,9-10H2,1-2H3,(H,26,31). The Bertz CT molecular complexity index is 1500. The number of fused-ring (bicyclic) bond motifs is 4. The Labute approximate surface area is 194 Å². The van der Waals surface area contributed by atoms with Gasteiger partial charge in [-0.1, -0.05) is 11.6 Å². The monoisotopic (exact) mass is 463 g/mol. The minimum Gasteiger partial charge on any atom is -0.381 e. The Hall–Kier alpha value is -3.23.